The predicted molar refractivity (Wildman–Crippen MR) is 124 cm³/mol. The number of hydrogen-bond acceptors (Lipinski definition) is 4. The number of phenols is 1. The molecule has 5 aromatic rings. The van der Waals surface area contributed by atoms with Gasteiger partial charge in [-0.3, -0.25) is 10.1 Å². The summed E-state index contributed by atoms with van der Waals surface area (Å²) in [5, 5.41) is 22.7. The average molecular weight is 425 g/mol. The van der Waals surface area contributed by atoms with Gasteiger partial charge in [0.05, 0.1) is 16.9 Å². The van der Waals surface area contributed by atoms with Crippen LogP contribution >= 0.6 is 0 Å². The highest BCUT2D eigenvalue weighted by molar-refractivity contribution is 6.00. The molecule has 4 N–H and O–H groups in total. The number of H-pyrrole nitrogens is 2. The van der Waals surface area contributed by atoms with Crippen LogP contribution in [-0.4, -0.2) is 38.4 Å². The number of hydrogen-bond donors (Lipinski definition) is 4. The van der Waals surface area contributed by atoms with Crippen molar-refractivity contribution in [2.75, 3.05) is 13.1 Å². The Labute approximate surface area is 182 Å². The fourth-order valence-corrected chi connectivity index (χ4v) is 4.43. The highest BCUT2D eigenvalue weighted by atomic mass is 19.1. The van der Waals surface area contributed by atoms with Gasteiger partial charge in [0.2, 0.25) is 0 Å². The van der Waals surface area contributed by atoms with Crippen LogP contribution in [0.3, 0.4) is 0 Å². The van der Waals surface area contributed by atoms with E-state index in [1.807, 2.05) is 12.1 Å². The molecule has 7 heteroatoms. The van der Waals surface area contributed by atoms with Crippen LogP contribution < -0.4 is 5.32 Å². The first-order valence-electron chi connectivity index (χ1n) is 10.5. The van der Waals surface area contributed by atoms with E-state index in [-0.39, 0.29) is 5.75 Å². The van der Waals surface area contributed by atoms with Crippen molar-refractivity contribution in [3.05, 3.63) is 72.2 Å². The predicted octanol–water partition coefficient (Wildman–Crippen LogP) is 4.99. The van der Waals surface area contributed by atoms with E-state index in [0.29, 0.717) is 11.3 Å². The molecule has 6 rings (SSSR count). The lowest BCUT2D eigenvalue weighted by Gasteiger charge is -2.14. The summed E-state index contributed by atoms with van der Waals surface area (Å²) in [6, 6.07) is 14.2. The first kappa shape index (κ1) is 18.8. The van der Waals surface area contributed by atoms with Crippen LogP contribution in [0.1, 0.15) is 12.0 Å². The second-order valence-electron chi connectivity index (χ2n) is 8.02. The molecule has 158 valence electrons. The molecule has 0 unspecified atom stereocenters. The smallest absolute Gasteiger partial charge is 0.127 e. The maximum absolute atomic E-state index is 13.9. The molecule has 0 bridgehead atoms. The summed E-state index contributed by atoms with van der Waals surface area (Å²) in [5.41, 5.74) is 7.15. The van der Waals surface area contributed by atoms with Crippen molar-refractivity contribution < 1.29 is 9.50 Å². The van der Waals surface area contributed by atoms with Gasteiger partial charge in [0.15, 0.2) is 0 Å². The van der Waals surface area contributed by atoms with Gasteiger partial charge in [-0.15, -0.1) is 0 Å². The quantitative estimate of drug-likeness (QED) is 0.328. The van der Waals surface area contributed by atoms with Gasteiger partial charge in [-0.05, 0) is 60.5 Å². The van der Waals surface area contributed by atoms with Crippen molar-refractivity contribution in [3.8, 4) is 28.4 Å². The van der Waals surface area contributed by atoms with E-state index in [2.05, 4.69) is 49.8 Å². The van der Waals surface area contributed by atoms with Gasteiger partial charge in [-0.25, -0.2) is 4.39 Å². The molecule has 32 heavy (non-hydrogen) atoms. The largest absolute Gasteiger partial charge is 0.508 e. The second kappa shape index (κ2) is 7.32. The Morgan fingerprint density at radius 3 is 2.66 bits per heavy atom. The summed E-state index contributed by atoms with van der Waals surface area (Å²) in [6.45, 7) is 1.87. The number of pyridine rings is 1. The molecule has 0 fully saturated rings. The van der Waals surface area contributed by atoms with Crippen molar-refractivity contribution in [1.29, 1.82) is 0 Å². The van der Waals surface area contributed by atoms with Gasteiger partial charge in [0, 0.05) is 40.7 Å². The van der Waals surface area contributed by atoms with E-state index >= 15 is 0 Å². The summed E-state index contributed by atoms with van der Waals surface area (Å²) >= 11 is 0. The number of phenolic OH excluding ortho intramolecular Hbond substituents is 1. The lowest BCUT2D eigenvalue weighted by molar-refractivity contribution is 0.469. The Balaban J connectivity index is 1.49. The topological polar surface area (TPSA) is 89.6 Å². The molecule has 3 aromatic heterocycles. The van der Waals surface area contributed by atoms with Crippen LogP contribution in [0.25, 0.3) is 50.0 Å². The van der Waals surface area contributed by atoms with Crippen LogP contribution in [-0.2, 0) is 0 Å². The molecule has 1 aliphatic heterocycles. The van der Waals surface area contributed by atoms with E-state index in [1.165, 1.54) is 23.3 Å². The Bertz CT molecular complexity index is 1490. The van der Waals surface area contributed by atoms with E-state index < -0.39 is 5.82 Å². The highest BCUT2D eigenvalue weighted by Crippen LogP contribution is 2.35. The zero-order valence-corrected chi connectivity index (χ0v) is 17.1. The van der Waals surface area contributed by atoms with Gasteiger partial charge >= 0.3 is 0 Å². The maximum Gasteiger partial charge on any atom is 0.127 e. The average Bonchev–Trinajstić information content (AvgIpc) is 3.42. The SMILES string of the molecule is Oc1cc(F)cc(-c2nccc3[nH]c(-c4n[nH]c5ccc(C6=CCNCC6)cc45)cc23)c1. The summed E-state index contributed by atoms with van der Waals surface area (Å²) in [5.74, 6) is -0.639. The third kappa shape index (κ3) is 3.14. The first-order valence-corrected chi connectivity index (χ1v) is 10.5. The third-order valence-corrected chi connectivity index (χ3v) is 5.96. The number of fused-ring (bicyclic) bond motifs is 2. The molecule has 0 atom stereocenters. The van der Waals surface area contributed by atoms with Gasteiger partial charge in [-0.1, -0.05) is 12.1 Å². The van der Waals surface area contributed by atoms with Gasteiger partial charge in [0.25, 0.3) is 0 Å². The van der Waals surface area contributed by atoms with Crippen molar-refractivity contribution >= 4 is 27.4 Å². The van der Waals surface area contributed by atoms with Gasteiger partial charge in [0.1, 0.15) is 17.3 Å². The lowest BCUT2D eigenvalue weighted by Crippen LogP contribution is -2.19. The molecular formula is C25H20FN5O. The molecule has 4 heterocycles. The lowest BCUT2D eigenvalue weighted by atomic mass is 9.98. The maximum atomic E-state index is 13.9. The highest BCUT2D eigenvalue weighted by Gasteiger charge is 2.16. The number of aromatic nitrogens is 4. The van der Waals surface area contributed by atoms with Crippen molar-refractivity contribution in [2.45, 2.75) is 6.42 Å². The normalized spacial score (nSPS) is 14.2. The number of rotatable bonds is 3. The van der Waals surface area contributed by atoms with Crippen molar-refractivity contribution in [1.82, 2.24) is 25.5 Å². The van der Waals surface area contributed by atoms with E-state index in [1.54, 1.807) is 6.20 Å². The third-order valence-electron chi connectivity index (χ3n) is 5.96. The minimum atomic E-state index is -0.507. The van der Waals surface area contributed by atoms with Crippen LogP contribution in [0.4, 0.5) is 4.39 Å². The summed E-state index contributed by atoms with van der Waals surface area (Å²) < 4.78 is 13.9. The number of benzene rings is 2. The van der Waals surface area contributed by atoms with Crippen LogP contribution in [0.2, 0.25) is 0 Å². The molecule has 6 nitrogen and oxygen atoms in total. The minimum Gasteiger partial charge on any atom is -0.508 e. The van der Waals surface area contributed by atoms with Gasteiger partial charge < -0.3 is 15.4 Å². The Hall–Kier alpha value is -3.97. The van der Waals surface area contributed by atoms with Gasteiger partial charge in [-0.2, -0.15) is 5.10 Å². The van der Waals surface area contributed by atoms with Crippen molar-refractivity contribution in [3.63, 3.8) is 0 Å². The van der Waals surface area contributed by atoms with Crippen LogP contribution in [0.5, 0.6) is 5.75 Å². The Kier molecular flexibility index (Phi) is 4.29. The molecular weight excluding hydrogens is 405 g/mol. The zero-order chi connectivity index (χ0) is 21.7. The monoisotopic (exact) mass is 425 g/mol. The fraction of sp³-hybridized carbons (Fsp3) is 0.120. The molecule has 2 aromatic carbocycles. The first-order chi connectivity index (χ1) is 15.7. The van der Waals surface area contributed by atoms with E-state index in [9.17, 15) is 9.50 Å². The molecule has 1 aliphatic rings. The number of aromatic amines is 2. The number of aromatic hydroxyl groups is 1. The molecule has 0 saturated heterocycles. The molecule has 0 aliphatic carbocycles. The summed E-state index contributed by atoms with van der Waals surface area (Å²) in [6.07, 6.45) is 4.91. The minimum absolute atomic E-state index is 0.132. The molecule has 0 amide bonds. The Morgan fingerprint density at radius 1 is 0.906 bits per heavy atom. The summed E-state index contributed by atoms with van der Waals surface area (Å²) in [7, 11) is 0. The molecule has 0 saturated carbocycles. The second-order valence-corrected chi connectivity index (χ2v) is 8.02. The fourth-order valence-electron chi connectivity index (χ4n) is 4.43. The van der Waals surface area contributed by atoms with Crippen LogP contribution in [0, 0.1) is 5.82 Å². The zero-order valence-electron chi connectivity index (χ0n) is 17.1. The molecule has 0 radical (unpaired) electrons. The van der Waals surface area contributed by atoms with E-state index in [0.717, 1.165) is 58.8 Å². The number of nitrogens with zero attached hydrogens (tertiary/aromatic N) is 2. The standard InChI is InChI=1S/C25H20FN5O/c26-17-9-16(10-18(32)12-17)24-20-13-23(29-21(20)5-8-28-24)25-19-11-15(1-2-22(19)30-31-25)14-3-6-27-7-4-14/h1-3,5,8-13,27,29,32H,4,6-7H2,(H,30,31). The molecule has 0 spiro atoms. The number of nitrogens with one attached hydrogen (secondary N) is 3. The Morgan fingerprint density at radius 2 is 1.81 bits per heavy atom. The van der Waals surface area contributed by atoms with E-state index in [4.69, 9.17) is 0 Å². The van der Waals surface area contributed by atoms with Crippen molar-refractivity contribution in [2.24, 2.45) is 0 Å². The number of halogens is 1. The van der Waals surface area contributed by atoms with Crippen LogP contribution in [0.15, 0.2) is 60.8 Å². The summed E-state index contributed by atoms with van der Waals surface area (Å²) in [4.78, 5) is 7.88.